The third kappa shape index (κ3) is 4.17. The van der Waals surface area contributed by atoms with Crippen molar-refractivity contribution in [2.45, 2.75) is 6.92 Å². The van der Waals surface area contributed by atoms with Crippen molar-refractivity contribution < 1.29 is 23.9 Å². The van der Waals surface area contributed by atoms with Crippen molar-refractivity contribution in [1.82, 2.24) is 0 Å². The molecular weight excluding hydrogens is 328 g/mol. The summed E-state index contributed by atoms with van der Waals surface area (Å²) in [5.41, 5.74) is 0.105. The molecule has 2 aromatic rings. The van der Waals surface area contributed by atoms with Gasteiger partial charge < -0.3 is 19.5 Å². The number of hydrogen-bond donors (Lipinski definition) is 1. The number of carbonyl (C=O) groups is 1. The molecule has 8 heteroatoms. The monoisotopic (exact) mass is 346 g/mol. The molecule has 2 rings (SSSR count). The standard InChI is InChI=1S/C17H18N2O6/c1-4-25-12-6-7-13(14(10-12)19(21)22)18-17(20)11-5-8-15(23-2)16(9-11)24-3/h5-10H,4H2,1-3H3,(H,18,20). The van der Waals surface area contributed by atoms with Crippen LogP contribution in [-0.2, 0) is 0 Å². The molecule has 1 amide bonds. The first kappa shape index (κ1) is 18.1. The number of nitrogens with zero attached hydrogens (tertiary/aromatic N) is 1. The van der Waals surface area contributed by atoms with E-state index in [-0.39, 0.29) is 16.9 Å². The number of amides is 1. The molecule has 0 fully saturated rings. The van der Waals surface area contributed by atoms with Crippen LogP contribution < -0.4 is 19.5 Å². The molecule has 1 N–H and O–H groups in total. The van der Waals surface area contributed by atoms with E-state index in [1.165, 1.54) is 38.5 Å². The van der Waals surface area contributed by atoms with Crippen molar-refractivity contribution in [3.8, 4) is 17.2 Å². The second kappa shape index (κ2) is 8.00. The van der Waals surface area contributed by atoms with Gasteiger partial charge in [0.1, 0.15) is 11.4 Å². The summed E-state index contributed by atoms with van der Waals surface area (Å²) in [7, 11) is 2.94. The van der Waals surface area contributed by atoms with E-state index in [2.05, 4.69) is 5.32 Å². The van der Waals surface area contributed by atoms with Crippen LogP contribution in [0.15, 0.2) is 36.4 Å². The number of rotatable bonds is 7. The van der Waals surface area contributed by atoms with Gasteiger partial charge in [-0.1, -0.05) is 0 Å². The quantitative estimate of drug-likeness (QED) is 0.610. The zero-order chi connectivity index (χ0) is 18.4. The molecule has 132 valence electrons. The van der Waals surface area contributed by atoms with Crippen LogP contribution in [0.25, 0.3) is 0 Å². The lowest BCUT2D eigenvalue weighted by Gasteiger charge is -2.11. The van der Waals surface area contributed by atoms with Crippen molar-refractivity contribution in [1.29, 1.82) is 0 Å². The molecule has 0 aliphatic rings. The van der Waals surface area contributed by atoms with Gasteiger partial charge in [0, 0.05) is 5.56 Å². The Hall–Kier alpha value is -3.29. The minimum absolute atomic E-state index is 0.0771. The summed E-state index contributed by atoms with van der Waals surface area (Å²) in [6.45, 7) is 2.16. The fourth-order valence-electron chi connectivity index (χ4n) is 2.20. The SMILES string of the molecule is CCOc1ccc(NC(=O)c2ccc(OC)c(OC)c2)c([N+](=O)[O-])c1. The van der Waals surface area contributed by atoms with Crippen LogP contribution >= 0.6 is 0 Å². The molecule has 0 aromatic heterocycles. The van der Waals surface area contributed by atoms with Gasteiger partial charge in [-0.05, 0) is 37.3 Å². The van der Waals surface area contributed by atoms with Crippen LogP contribution in [0.5, 0.6) is 17.2 Å². The highest BCUT2D eigenvalue weighted by Gasteiger charge is 2.19. The molecule has 0 aliphatic carbocycles. The smallest absolute Gasteiger partial charge is 0.296 e. The molecule has 0 radical (unpaired) electrons. The molecule has 25 heavy (non-hydrogen) atoms. The maximum atomic E-state index is 12.4. The topological polar surface area (TPSA) is 99.9 Å². The maximum absolute atomic E-state index is 12.4. The Labute approximate surface area is 144 Å². The summed E-state index contributed by atoms with van der Waals surface area (Å²) < 4.78 is 15.5. The van der Waals surface area contributed by atoms with Crippen LogP contribution in [0.2, 0.25) is 0 Å². The zero-order valence-corrected chi connectivity index (χ0v) is 14.1. The summed E-state index contributed by atoms with van der Waals surface area (Å²) >= 11 is 0. The Morgan fingerprint density at radius 1 is 1.12 bits per heavy atom. The van der Waals surface area contributed by atoms with Gasteiger partial charge in [-0.3, -0.25) is 14.9 Å². The summed E-state index contributed by atoms with van der Waals surface area (Å²) in [5.74, 6) is 0.717. The van der Waals surface area contributed by atoms with E-state index in [1.807, 2.05) is 0 Å². The highest BCUT2D eigenvalue weighted by atomic mass is 16.6. The second-order valence-corrected chi connectivity index (χ2v) is 4.89. The first-order valence-electron chi connectivity index (χ1n) is 7.44. The van der Waals surface area contributed by atoms with Gasteiger partial charge in [-0.2, -0.15) is 0 Å². The number of anilines is 1. The molecule has 0 unspecified atom stereocenters. The van der Waals surface area contributed by atoms with E-state index >= 15 is 0 Å². The molecule has 0 aliphatic heterocycles. The minimum Gasteiger partial charge on any atom is -0.494 e. The van der Waals surface area contributed by atoms with Gasteiger partial charge in [0.15, 0.2) is 11.5 Å². The number of methoxy groups -OCH3 is 2. The van der Waals surface area contributed by atoms with Crippen molar-refractivity contribution in [3.05, 3.63) is 52.1 Å². The van der Waals surface area contributed by atoms with Crippen molar-refractivity contribution in [2.24, 2.45) is 0 Å². The Morgan fingerprint density at radius 2 is 1.84 bits per heavy atom. The highest BCUT2D eigenvalue weighted by molar-refractivity contribution is 6.05. The van der Waals surface area contributed by atoms with Crippen LogP contribution in [0.3, 0.4) is 0 Å². The molecule has 0 heterocycles. The van der Waals surface area contributed by atoms with E-state index in [0.29, 0.717) is 23.9 Å². The van der Waals surface area contributed by atoms with Gasteiger partial charge in [-0.25, -0.2) is 0 Å². The Morgan fingerprint density at radius 3 is 2.44 bits per heavy atom. The molecule has 0 saturated heterocycles. The van der Waals surface area contributed by atoms with Gasteiger partial charge in [0.2, 0.25) is 0 Å². The number of ether oxygens (including phenoxy) is 3. The lowest BCUT2D eigenvalue weighted by atomic mass is 10.1. The minimum atomic E-state index is -0.577. The third-order valence-electron chi connectivity index (χ3n) is 3.37. The normalized spacial score (nSPS) is 10.0. The molecule has 0 bridgehead atoms. The Balaban J connectivity index is 2.29. The van der Waals surface area contributed by atoms with E-state index < -0.39 is 10.8 Å². The number of nitrogens with one attached hydrogen (secondary N) is 1. The summed E-state index contributed by atoms with van der Waals surface area (Å²) in [5, 5.41) is 13.8. The number of hydrogen-bond acceptors (Lipinski definition) is 6. The number of benzene rings is 2. The lowest BCUT2D eigenvalue weighted by molar-refractivity contribution is -0.384. The number of carbonyl (C=O) groups excluding carboxylic acids is 1. The lowest BCUT2D eigenvalue weighted by Crippen LogP contribution is -2.13. The van der Waals surface area contributed by atoms with Crippen molar-refractivity contribution >= 4 is 17.3 Å². The third-order valence-corrected chi connectivity index (χ3v) is 3.37. The summed E-state index contributed by atoms with van der Waals surface area (Å²) in [6.07, 6.45) is 0. The predicted molar refractivity (Wildman–Crippen MR) is 91.8 cm³/mol. The molecule has 0 spiro atoms. The predicted octanol–water partition coefficient (Wildman–Crippen LogP) is 3.26. The summed E-state index contributed by atoms with van der Waals surface area (Å²) in [4.78, 5) is 23.1. The summed E-state index contributed by atoms with van der Waals surface area (Å²) in [6, 6.07) is 8.88. The van der Waals surface area contributed by atoms with Crippen LogP contribution in [0.1, 0.15) is 17.3 Å². The number of nitro groups is 1. The van der Waals surface area contributed by atoms with Gasteiger partial charge in [0.05, 0.1) is 31.8 Å². The molecule has 2 aromatic carbocycles. The maximum Gasteiger partial charge on any atom is 0.296 e. The largest absolute Gasteiger partial charge is 0.494 e. The Bertz CT molecular complexity index is 791. The highest BCUT2D eigenvalue weighted by Crippen LogP contribution is 2.31. The van der Waals surface area contributed by atoms with Gasteiger partial charge in [-0.15, -0.1) is 0 Å². The van der Waals surface area contributed by atoms with E-state index in [4.69, 9.17) is 14.2 Å². The fourth-order valence-corrected chi connectivity index (χ4v) is 2.20. The molecule has 0 atom stereocenters. The molecular formula is C17H18N2O6. The first-order chi connectivity index (χ1) is 12.0. The van der Waals surface area contributed by atoms with E-state index in [1.54, 1.807) is 19.1 Å². The molecule has 8 nitrogen and oxygen atoms in total. The molecule has 0 saturated carbocycles. The second-order valence-electron chi connectivity index (χ2n) is 4.89. The van der Waals surface area contributed by atoms with Crippen molar-refractivity contribution in [2.75, 3.05) is 26.1 Å². The van der Waals surface area contributed by atoms with Crippen LogP contribution in [-0.4, -0.2) is 31.7 Å². The first-order valence-corrected chi connectivity index (χ1v) is 7.44. The van der Waals surface area contributed by atoms with Gasteiger partial charge in [0.25, 0.3) is 11.6 Å². The Kier molecular flexibility index (Phi) is 5.78. The average Bonchev–Trinajstić information content (AvgIpc) is 2.62. The van der Waals surface area contributed by atoms with E-state index in [0.717, 1.165) is 0 Å². The van der Waals surface area contributed by atoms with Crippen LogP contribution in [0, 0.1) is 10.1 Å². The van der Waals surface area contributed by atoms with Crippen molar-refractivity contribution in [3.63, 3.8) is 0 Å². The average molecular weight is 346 g/mol. The number of nitro benzene ring substituents is 1. The van der Waals surface area contributed by atoms with E-state index in [9.17, 15) is 14.9 Å². The fraction of sp³-hybridized carbons (Fsp3) is 0.235. The van der Waals surface area contributed by atoms with Crippen LogP contribution in [0.4, 0.5) is 11.4 Å². The van der Waals surface area contributed by atoms with Gasteiger partial charge >= 0.3 is 0 Å². The zero-order valence-electron chi connectivity index (χ0n) is 14.1.